The number of nitrogen functional groups attached to an aromatic ring is 1. The molecule has 1 aliphatic heterocycles. The minimum Gasteiger partial charge on any atom is -0.382 e. The number of ether oxygens (including phenoxy) is 1. The van der Waals surface area contributed by atoms with Crippen molar-refractivity contribution >= 4 is 27.8 Å². The molecular weight excluding hydrogens is 264 g/mol. The van der Waals surface area contributed by atoms with Gasteiger partial charge in [-0.15, -0.1) is 0 Å². The van der Waals surface area contributed by atoms with Gasteiger partial charge in [-0.2, -0.15) is 0 Å². The third-order valence-corrected chi connectivity index (χ3v) is 4.25. The number of fused-ring (bicyclic) bond motifs is 5. The molecular formula is C16H18N4O. The molecule has 5 heteroatoms. The first-order valence-electron chi connectivity index (χ1n) is 7.29. The lowest BCUT2D eigenvalue weighted by atomic mass is 10.0. The summed E-state index contributed by atoms with van der Waals surface area (Å²) in [6, 6.07) is 8.38. The van der Waals surface area contributed by atoms with Gasteiger partial charge >= 0.3 is 0 Å². The zero-order valence-electron chi connectivity index (χ0n) is 12.2. The molecule has 0 fully saturated rings. The van der Waals surface area contributed by atoms with Gasteiger partial charge in [0.05, 0.1) is 23.7 Å². The second-order valence-electron chi connectivity index (χ2n) is 5.94. The first-order chi connectivity index (χ1) is 10.2. The van der Waals surface area contributed by atoms with Gasteiger partial charge in [0.15, 0.2) is 5.82 Å². The van der Waals surface area contributed by atoms with E-state index in [0.717, 1.165) is 27.8 Å². The van der Waals surface area contributed by atoms with Crippen LogP contribution in [-0.4, -0.2) is 21.1 Å². The van der Waals surface area contributed by atoms with E-state index in [1.807, 2.05) is 18.2 Å². The van der Waals surface area contributed by atoms with Gasteiger partial charge in [0, 0.05) is 5.39 Å². The highest BCUT2D eigenvalue weighted by Gasteiger charge is 2.28. The van der Waals surface area contributed by atoms with Crippen molar-refractivity contribution < 1.29 is 4.74 Å². The SMILES string of the molecule is CC(C)[C@@H]1COCc2nc3c(N)nc4ccccc4c3n21. The van der Waals surface area contributed by atoms with Gasteiger partial charge in [-0.05, 0) is 12.0 Å². The highest BCUT2D eigenvalue weighted by atomic mass is 16.5. The van der Waals surface area contributed by atoms with Gasteiger partial charge in [0.1, 0.15) is 17.9 Å². The maximum Gasteiger partial charge on any atom is 0.152 e. The Morgan fingerprint density at radius 1 is 1.29 bits per heavy atom. The average molecular weight is 282 g/mol. The van der Waals surface area contributed by atoms with E-state index in [2.05, 4.69) is 34.4 Å². The lowest BCUT2D eigenvalue weighted by Gasteiger charge is -2.29. The number of benzene rings is 1. The van der Waals surface area contributed by atoms with E-state index >= 15 is 0 Å². The van der Waals surface area contributed by atoms with Crippen LogP contribution in [0.1, 0.15) is 25.7 Å². The van der Waals surface area contributed by atoms with Gasteiger partial charge in [-0.3, -0.25) is 0 Å². The lowest BCUT2D eigenvalue weighted by Crippen LogP contribution is -2.27. The molecule has 5 nitrogen and oxygen atoms in total. The summed E-state index contributed by atoms with van der Waals surface area (Å²) in [5, 5.41) is 1.10. The monoisotopic (exact) mass is 282 g/mol. The fourth-order valence-corrected chi connectivity index (χ4v) is 3.16. The van der Waals surface area contributed by atoms with E-state index in [-0.39, 0.29) is 6.04 Å². The summed E-state index contributed by atoms with van der Waals surface area (Å²) in [5.74, 6) is 1.91. The summed E-state index contributed by atoms with van der Waals surface area (Å²) >= 11 is 0. The normalized spacial score (nSPS) is 18.5. The van der Waals surface area contributed by atoms with E-state index < -0.39 is 0 Å². The quantitative estimate of drug-likeness (QED) is 0.745. The number of anilines is 1. The average Bonchev–Trinajstić information content (AvgIpc) is 2.87. The summed E-state index contributed by atoms with van der Waals surface area (Å²) in [6.45, 7) is 5.67. The molecule has 0 aliphatic carbocycles. The van der Waals surface area contributed by atoms with Crippen LogP contribution in [0.5, 0.6) is 0 Å². The van der Waals surface area contributed by atoms with Gasteiger partial charge < -0.3 is 15.0 Å². The Bertz CT molecular complexity index is 837. The maximum atomic E-state index is 6.13. The molecule has 0 saturated carbocycles. The zero-order valence-corrected chi connectivity index (χ0v) is 12.2. The van der Waals surface area contributed by atoms with E-state index in [9.17, 15) is 0 Å². The summed E-state index contributed by atoms with van der Waals surface area (Å²) in [5.41, 5.74) is 8.93. The third kappa shape index (κ3) is 1.74. The molecule has 0 spiro atoms. The first kappa shape index (κ1) is 12.6. The van der Waals surface area contributed by atoms with E-state index in [4.69, 9.17) is 10.5 Å². The second kappa shape index (κ2) is 4.43. The second-order valence-corrected chi connectivity index (χ2v) is 5.94. The van der Waals surface area contributed by atoms with Gasteiger partial charge in [-0.25, -0.2) is 9.97 Å². The number of pyridine rings is 1. The molecule has 0 unspecified atom stereocenters. The van der Waals surface area contributed by atoms with Crippen molar-refractivity contribution in [1.29, 1.82) is 0 Å². The predicted molar refractivity (Wildman–Crippen MR) is 83.0 cm³/mol. The molecule has 0 radical (unpaired) electrons. The van der Waals surface area contributed by atoms with Gasteiger partial charge in [-0.1, -0.05) is 32.0 Å². The zero-order chi connectivity index (χ0) is 14.6. The molecule has 0 bridgehead atoms. The van der Waals surface area contributed by atoms with Crippen LogP contribution in [0, 0.1) is 5.92 Å². The summed E-state index contributed by atoms with van der Waals surface area (Å²) < 4.78 is 8.02. The van der Waals surface area contributed by atoms with Crippen LogP contribution in [0.2, 0.25) is 0 Å². The highest BCUT2D eigenvalue weighted by molar-refractivity contribution is 6.06. The van der Waals surface area contributed by atoms with Crippen LogP contribution in [0.25, 0.3) is 21.9 Å². The Balaban J connectivity index is 2.16. The standard InChI is InChI=1S/C16H18N4O/c1-9(2)12-7-21-8-13-19-14-15(20(12)13)10-5-3-4-6-11(10)18-16(14)17/h3-6,9,12H,7-8H2,1-2H3,(H2,17,18)/t12-/m0/s1. The number of nitrogens with zero attached hydrogens (tertiary/aromatic N) is 3. The Kier molecular flexibility index (Phi) is 2.65. The lowest BCUT2D eigenvalue weighted by molar-refractivity contribution is 0.0418. The van der Waals surface area contributed by atoms with Crippen LogP contribution in [0.4, 0.5) is 5.82 Å². The highest BCUT2D eigenvalue weighted by Crippen LogP contribution is 2.35. The number of hydrogen-bond donors (Lipinski definition) is 1. The van der Waals surface area contributed by atoms with Crippen molar-refractivity contribution in [3.05, 3.63) is 30.1 Å². The smallest absolute Gasteiger partial charge is 0.152 e. The molecule has 4 rings (SSSR count). The number of rotatable bonds is 1. The van der Waals surface area contributed by atoms with E-state index in [1.54, 1.807) is 0 Å². The van der Waals surface area contributed by atoms with E-state index in [1.165, 1.54) is 0 Å². The van der Waals surface area contributed by atoms with Crippen molar-refractivity contribution in [2.75, 3.05) is 12.3 Å². The van der Waals surface area contributed by atoms with Crippen LogP contribution in [0.15, 0.2) is 24.3 Å². The molecule has 1 aromatic carbocycles. The Morgan fingerprint density at radius 2 is 2.10 bits per heavy atom. The topological polar surface area (TPSA) is 66.0 Å². The summed E-state index contributed by atoms with van der Waals surface area (Å²) in [6.07, 6.45) is 0. The molecule has 3 heterocycles. The van der Waals surface area contributed by atoms with Gasteiger partial charge in [0.25, 0.3) is 0 Å². The Morgan fingerprint density at radius 3 is 2.90 bits per heavy atom. The molecule has 1 aliphatic rings. The number of nitrogens with two attached hydrogens (primary N) is 1. The number of hydrogen-bond acceptors (Lipinski definition) is 4. The number of para-hydroxylation sites is 1. The van der Waals surface area contributed by atoms with Crippen molar-refractivity contribution in [2.24, 2.45) is 5.92 Å². The third-order valence-electron chi connectivity index (χ3n) is 4.25. The fourth-order valence-electron chi connectivity index (χ4n) is 3.16. The molecule has 0 saturated heterocycles. The van der Waals surface area contributed by atoms with Crippen molar-refractivity contribution in [3.8, 4) is 0 Å². The molecule has 1 atom stereocenters. The van der Waals surface area contributed by atoms with Crippen molar-refractivity contribution in [1.82, 2.24) is 14.5 Å². The van der Waals surface area contributed by atoms with E-state index in [0.29, 0.717) is 24.9 Å². The molecule has 2 N–H and O–H groups in total. The summed E-state index contributed by atoms with van der Waals surface area (Å²) in [7, 11) is 0. The van der Waals surface area contributed by atoms with Gasteiger partial charge in [0.2, 0.25) is 0 Å². The van der Waals surface area contributed by atoms with Crippen LogP contribution in [-0.2, 0) is 11.3 Å². The van der Waals surface area contributed by atoms with Crippen LogP contribution >= 0.6 is 0 Å². The van der Waals surface area contributed by atoms with Crippen LogP contribution < -0.4 is 5.73 Å². The molecule has 3 aromatic rings. The Labute approximate surface area is 122 Å². The summed E-state index contributed by atoms with van der Waals surface area (Å²) in [4.78, 5) is 9.16. The number of aromatic nitrogens is 3. The van der Waals surface area contributed by atoms with Crippen molar-refractivity contribution in [2.45, 2.75) is 26.5 Å². The predicted octanol–water partition coefficient (Wildman–Crippen LogP) is 2.89. The molecule has 108 valence electrons. The first-order valence-corrected chi connectivity index (χ1v) is 7.29. The minimum atomic E-state index is 0.281. The number of imidazole rings is 1. The minimum absolute atomic E-state index is 0.281. The molecule has 21 heavy (non-hydrogen) atoms. The van der Waals surface area contributed by atoms with Crippen LogP contribution in [0.3, 0.4) is 0 Å². The fraction of sp³-hybridized carbons (Fsp3) is 0.375. The van der Waals surface area contributed by atoms with Crippen molar-refractivity contribution in [3.63, 3.8) is 0 Å². The molecule has 2 aromatic heterocycles. The largest absolute Gasteiger partial charge is 0.382 e. The Hall–Kier alpha value is -2.14. The maximum absolute atomic E-state index is 6.13. The molecule has 0 amide bonds.